The molecule has 0 saturated heterocycles. The summed E-state index contributed by atoms with van der Waals surface area (Å²) in [5, 5.41) is 4.83. The Morgan fingerprint density at radius 1 is 1.26 bits per heavy atom. The molecule has 0 radical (unpaired) electrons. The van der Waals surface area contributed by atoms with Gasteiger partial charge in [0.25, 0.3) is 0 Å². The predicted octanol–water partition coefficient (Wildman–Crippen LogP) is 3.14. The standard InChI is InChI=1S/C18H21N3O2/c1-9-6-13(11(3)19)18-14(7-9)16(22)10(2)17(23-18)15-8-20-21(5)12(15)4/h6-8,11H,19H2,1-5H3/t11-/m1/s1. The summed E-state index contributed by atoms with van der Waals surface area (Å²) in [7, 11) is 1.87. The maximum Gasteiger partial charge on any atom is 0.196 e. The molecule has 5 nitrogen and oxygen atoms in total. The summed E-state index contributed by atoms with van der Waals surface area (Å²) in [6, 6.07) is 3.62. The second-order valence-electron chi connectivity index (χ2n) is 6.17. The number of hydrogen-bond acceptors (Lipinski definition) is 4. The largest absolute Gasteiger partial charge is 0.455 e. The summed E-state index contributed by atoms with van der Waals surface area (Å²) in [6.07, 6.45) is 1.73. The number of aromatic nitrogens is 2. The molecule has 5 heteroatoms. The van der Waals surface area contributed by atoms with Crippen LogP contribution in [0.15, 0.2) is 27.5 Å². The van der Waals surface area contributed by atoms with Crippen molar-refractivity contribution in [3.05, 3.63) is 50.9 Å². The van der Waals surface area contributed by atoms with Crippen molar-refractivity contribution >= 4 is 11.0 Å². The van der Waals surface area contributed by atoms with Crippen molar-refractivity contribution in [1.82, 2.24) is 9.78 Å². The quantitative estimate of drug-likeness (QED) is 0.789. The number of rotatable bonds is 2. The van der Waals surface area contributed by atoms with E-state index in [-0.39, 0.29) is 11.5 Å². The van der Waals surface area contributed by atoms with Crippen LogP contribution < -0.4 is 11.2 Å². The van der Waals surface area contributed by atoms with E-state index in [2.05, 4.69) is 5.10 Å². The lowest BCUT2D eigenvalue weighted by Crippen LogP contribution is -2.12. The van der Waals surface area contributed by atoms with Crippen LogP contribution in [-0.2, 0) is 7.05 Å². The minimum Gasteiger partial charge on any atom is -0.455 e. The van der Waals surface area contributed by atoms with Crippen LogP contribution in [0.5, 0.6) is 0 Å². The molecule has 0 fully saturated rings. The van der Waals surface area contributed by atoms with Gasteiger partial charge in [-0.05, 0) is 39.3 Å². The maximum atomic E-state index is 12.8. The molecule has 1 aromatic carbocycles. The lowest BCUT2D eigenvalue weighted by molar-refractivity contribution is 0.602. The first-order valence-electron chi connectivity index (χ1n) is 7.63. The summed E-state index contributed by atoms with van der Waals surface area (Å²) in [5.41, 5.74) is 10.9. The Bertz CT molecular complexity index is 965. The smallest absolute Gasteiger partial charge is 0.196 e. The van der Waals surface area contributed by atoms with Crippen molar-refractivity contribution < 1.29 is 4.42 Å². The van der Waals surface area contributed by atoms with Gasteiger partial charge >= 0.3 is 0 Å². The van der Waals surface area contributed by atoms with Crippen molar-refractivity contribution in [1.29, 1.82) is 0 Å². The van der Waals surface area contributed by atoms with E-state index in [9.17, 15) is 4.79 Å². The molecule has 0 unspecified atom stereocenters. The van der Waals surface area contributed by atoms with Crippen LogP contribution in [0.1, 0.15) is 35.3 Å². The van der Waals surface area contributed by atoms with Crippen LogP contribution in [-0.4, -0.2) is 9.78 Å². The molecule has 3 rings (SSSR count). The Kier molecular flexibility index (Phi) is 3.60. The minimum absolute atomic E-state index is 0.0184. The first-order chi connectivity index (χ1) is 10.8. The number of hydrogen-bond donors (Lipinski definition) is 1. The van der Waals surface area contributed by atoms with Gasteiger partial charge in [-0.1, -0.05) is 6.07 Å². The van der Waals surface area contributed by atoms with Crippen LogP contribution in [0.2, 0.25) is 0 Å². The number of benzene rings is 1. The molecule has 23 heavy (non-hydrogen) atoms. The van der Waals surface area contributed by atoms with E-state index in [1.165, 1.54) is 0 Å². The average Bonchev–Trinajstić information content (AvgIpc) is 2.82. The van der Waals surface area contributed by atoms with E-state index in [1.54, 1.807) is 17.8 Å². The molecule has 2 heterocycles. The Morgan fingerprint density at radius 3 is 2.52 bits per heavy atom. The molecule has 0 saturated carbocycles. The van der Waals surface area contributed by atoms with Crippen LogP contribution in [0.4, 0.5) is 0 Å². The SMILES string of the molecule is Cc1cc([C@@H](C)N)c2oc(-c3cnn(C)c3C)c(C)c(=O)c2c1. The van der Waals surface area contributed by atoms with E-state index < -0.39 is 0 Å². The molecule has 0 bridgehead atoms. The second-order valence-corrected chi connectivity index (χ2v) is 6.17. The Hall–Kier alpha value is -2.40. The maximum absolute atomic E-state index is 12.8. The van der Waals surface area contributed by atoms with E-state index >= 15 is 0 Å². The fraction of sp³-hybridized carbons (Fsp3) is 0.333. The molecule has 2 N–H and O–H groups in total. The Labute approximate surface area is 134 Å². The lowest BCUT2D eigenvalue weighted by Gasteiger charge is -2.13. The highest BCUT2D eigenvalue weighted by atomic mass is 16.3. The van der Waals surface area contributed by atoms with Crippen molar-refractivity contribution in [3.8, 4) is 11.3 Å². The monoisotopic (exact) mass is 311 g/mol. The molecule has 0 aliphatic heterocycles. The summed E-state index contributed by atoms with van der Waals surface area (Å²) in [5.74, 6) is 0.568. The van der Waals surface area contributed by atoms with E-state index in [0.29, 0.717) is 22.3 Å². The van der Waals surface area contributed by atoms with E-state index in [0.717, 1.165) is 22.4 Å². The zero-order valence-corrected chi connectivity index (χ0v) is 14.1. The van der Waals surface area contributed by atoms with Gasteiger partial charge in [-0.3, -0.25) is 9.48 Å². The van der Waals surface area contributed by atoms with Gasteiger partial charge in [0.2, 0.25) is 0 Å². The average molecular weight is 311 g/mol. The van der Waals surface area contributed by atoms with E-state index in [4.69, 9.17) is 10.2 Å². The molecule has 120 valence electrons. The second kappa shape index (κ2) is 5.35. The Morgan fingerprint density at radius 2 is 1.96 bits per heavy atom. The third-order valence-corrected chi connectivity index (χ3v) is 4.36. The van der Waals surface area contributed by atoms with Crippen LogP contribution in [0.3, 0.4) is 0 Å². The molecule has 2 aromatic heterocycles. The van der Waals surface area contributed by atoms with Crippen molar-refractivity contribution in [2.75, 3.05) is 0 Å². The zero-order valence-electron chi connectivity index (χ0n) is 14.1. The van der Waals surface area contributed by atoms with Crippen molar-refractivity contribution in [2.24, 2.45) is 12.8 Å². The van der Waals surface area contributed by atoms with Gasteiger partial charge in [-0.15, -0.1) is 0 Å². The summed E-state index contributed by atoms with van der Waals surface area (Å²) in [6.45, 7) is 7.59. The Balaban J connectivity index is 2.44. The van der Waals surface area contributed by atoms with Crippen LogP contribution >= 0.6 is 0 Å². The fourth-order valence-corrected chi connectivity index (χ4v) is 2.88. The highest BCUT2D eigenvalue weighted by Gasteiger charge is 2.19. The summed E-state index contributed by atoms with van der Waals surface area (Å²) >= 11 is 0. The third-order valence-electron chi connectivity index (χ3n) is 4.36. The highest BCUT2D eigenvalue weighted by molar-refractivity contribution is 5.84. The van der Waals surface area contributed by atoms with Gasteiger partial charge in [0.05, 0.1) is 17.1 Å². The predicted molar refractivity (Wildman–Crippen MR) is 91.5 cm³/mol. The fourth-order valence-electron chi connectivity index (χ4n) is 2.88. The number of nitrogens with two attached hydrogens (primary N) is 1. The minimum atomic E-state index is -0.217. The van der Waals surface area contributed by atoms with Gasteiger partial charge in [0, 0.05) is 29.9 Å². The summed E-state index contributed by atoms with van der Waals surface area (Å²) in [4.78, 5) is 12.8. The molecular formula is C18H21N3O2. The molecule has 3 aromatic rings. The molecule has 0 spiro atoms. The number of fused-ring (bicyclic) bond motifs is 1. The van der Waals surface area contributed by atoms with Gasteiger partial charge in [0.1, 0.15) is 11.3 Å². The first kappa shape index (κ1) is 15.5. The van der Waals surface area contributed by atoms with Gasteiger partial charge in [0.15, 0.2) is 5.43 Å². The van der Waals surface area contributed by atoms with Crippen LogP contribution in [0.25, 0.3) is 22.3 Å². The third kappa shape index (κ3) is 2.37. The molecule has 1 atom stereocenters. The molecule has 0 aliphatic carbocycles. The first-order valence-corrected chi connectivity index (χ1v) is 7.63. The lowest BCUT2D eigenvalue weighted by atomic mass is 9.99. The van der Waals surface area contributed by atoms with Crippen molar-refractivity contribution in [2.45, 2.75) is 33.7 Å². The number of aryl methyl sites for hydroxylation is 2. The normalized spacial score (nSPS) is 12.8. The molecule has 0 aliphatic rings. The highest BCUT2D eigenvalue weighted by Crippen LogP contribution is 2.31. The topological polar surface area (TPSA) is 74.0 Å². The van der Waals surface area contributed by atoms with Gasteiger partial charge < -0.3 is 10.2 Å². The zero-order chi connectivity index (χ0) is 16.9. The van der Waals surface area contributed by atoms with Crippen LogP contribution in [0, 0.1) is 20.8 Å². The van der Waals surface area contributed by atoms with E-state index in [1.807, 2.05) is 40.0 Å². The summed E-state index contributed by atoms with van der Waals surface area (Å²) < 4.78 is 7.93. The molecule has 0 amide bonds. The molecular weight excluding hydrogens is 290 g/mol. The number of nitrogens with zero attached hydrogens (tertiary/aromatic N) is 2. The van der Waals surface area contributed by atoms with Gasteiger partial charge in [-0.2, -0.15) is 5.10 Å². The van der Waals surface area contributed by atoms with Gasteiger partial charge in [-0.25, -0.2) is 0 Å². The van der Waals surface area contributed by atoms with Crippen molar-refractivity contribution in [3.63, 3.8) is 0 Å².